The Balaban J connectivity index is 1.69. The highest BCUT2D eigenvalue weighted by Crippen LogP contribution is 2.23. The average molecular weight is 424 g/mol. The van der Waals surface area contributed by atoms with Crippen molar-refractivity contribution < 1.29 is 9.53 Å². The van der Waals surface area contributed by atoms with Crippen LogP contribution in [0.1, 0.15) is 25.6 Å². The van der Waals surface area contributed by atoms with Gasteiger partial charge in [0.25, 0.3) is 0 Å². The molecule has 0 saturated heterocycles. The van der Waals surface area contributed by atoms with Crippen LogP contribution in [-0.2, 0) is 16.1 Å². The maximum atomic E-state index is 11.8. The Hall–Kier alpha value is -3.73. The third-order valence-corrected chi connectivity index (χ3v) is 5.95. The normalized spacial score (nSPS) is 13.1. The molecule has 0 aliphatic carbocycles. The summed E-state index contributed by atoms with van der Waals surface area (Å²) in [6.07, 6.45) is 3.23. The van der Waals surface area contributed by atoms with Crippen molar-refractivity contribution in [3.63, 3.8) is 0 Å². The molecule has 32 heavy (non-hydrogen) atoms. The molecule has 5 rings (SSSR count). The molecule has 0 spiro atoms. The summed E-state index contributed by atoms with van der Waals surface area (Å²) in [5.74, 6) is 0.714. The van der Waals surface area contributed by atoms with Crippen LogP contribution in [0, 0.1) is 0 Å². The number of nitrogens with zero attached hydrogens (tertiary/aromatic N) is 3. The molecule has 0 N–H and O–H groups in total. The van der Waals surface area contributed by atoms with Gasteiger partial charge in [0.2, 0.25) is 0 Å². The molecule has 0 amide bonds. The molecule has 4 aromatic carbocycles. The molecule has 0 aliphatic heterocycles. The number of fused-ring (bicyclic) bond motifs is 1. The molecular weight excluding hydrogens is 398 g/mol. The van der Waals surface area contributed by atoms with Crippen LogP contribution in [0.2, 0.25) is 0 Å². The monoisotopic (exact) mass is 423 g/mol. The van der Waals surface area contributed by atoms with Crippen LogP contribution in [0.3, 0.4) is 0 Å². The van der Waals surface area contributed by atoms with Gasteiger partial charge in [0.15, 0.2) is 0 Å². The number of para-hydroxylation sites is 2. The van der Waals surface area contributed by atoms with Crippen molar-refractivity contribution >= 4 is 44.6 Å². The van der Waals surface area contributed by atoms with Crippen molar-refractivity contribution in [2.24, 2.45) is 4.99 Å². The van der Waals surface area contributed by atoms with E-state index in [0.29, 0.717) is 26.0 Å². The van der Waals surface area contributed by atoms with Gasteiger partial charge in [0.05, 0.1) is 23.0 Å². The highest BCUT2D eigenvalue weighted by Gasteiger charge is 2.13. The largest absolute Gasteiger partial charge is 0.466 e. The van der Waals surface area contributed by atoms with E-state index >= 15 is 0 Å². The van der Waals surface area contributed by atoms with Crippen molar-refractivity contribution in [2.75, 3.05) is 13.7 Å². The lowest BCUT2D eigenvalue weighted by atomic mass is 10.1. The fourth-order valence-electron chi connectivity index (χ4n) is 4.61. The summed E-state index contributed by atoms with van der Waals surface area (Å²) in [6.45, 7) is 2.93. The molecule has 5 nitrogen and oxygen atoms in total. The highest BCUT2D eigenvalue weighted by molar-refractivity contribution is 6.11. The summed E-state index contributed by atoms with van der Waals surface area (Å²) >= 11 is 0. The van der Waals surface area contributed by atoms with Gasteiger partial charge in [-0.2, -0.15) is 0 Å². The molecule has 0 radical (unpaired) electrons. The summed E-state index contributed by atoms with van der Waals surface area (Å²) in [6, 6.07) is 20.9. The number of carbonyl (C=O) groups excluding carboxylic acids is 1. The molecule has 0 bridgehead atoms. The van der Waals surface area contributed by atoms with E-state index in [2.05, 4.69) is 58.1 Å². The van der Waals surface area contributed by atoms with Crippen molar-refractivity contribution in [3.8, 4) is 0 Å². The molecule has 0 aliphatic rings. The van der Waals surface area contributed by atoms with Crippen LogP contribution in [0.25, 0.3) is 38.7 Å². The molecule has 1 aromatic heterocycles. The number of benzene rings is 3. The van der Waals surface area contributed by atoms with Gasteiger partial charge in [0, 0.05) is 30.6 Å². The Bertz CT molecular complexity index is 1540. The summed E-state index contributed by atoms with van der Waals surface area (Å²) in [5.41, 5.74) is 2.01. The molecule has 5 aromatic rings. The van der Waals surface area contributed by atoms with Gasteiger partial charge in [-0.25, -0.2) is 4.98 Å². The number of rotatable bonds is 6. The lowest BCUT2D eigenvalue weighted by Gasteiger charge is -2.07. The molecule has 1 heterocycles. The van der Waals surface area contributed by atoms with Gasteiger partial charge in [-0.05, 0) is 47.7 Å². The summed E-state index contributed by atoms with van der Waals surface area (Å²) in [5, 5.41) is 6.88. The van der Waals surface area contributed by atoms with E-state index in [1.54, 1.807) is 0 Å². The molecule has 0 unspecified atom stereocenters. The van der Waals surface area contributed by atoms with E-state index in [4.69, 9.17) is 9.72 Å². The Morgan fingerprint density at radius 2 is 1.84 bits per heavy atom. The van der Waals surface area contributed by atoms with Crippen LogP contribution < -0.4 is 10.6 Å². The topological polar surface area (TPSA) is 56.5 Å². The number of imidazole rings is 1. The molecular formula is C27H25N3O2. The lowest BCUT2D eigenvalue weighted by Crippen LogP contribution is -2.22. The first-order chi connectivity index (χ1) is 15.7. The van der Waals surface area contributed by atoms with Gasteiger partial charge in [-0.15, -0.1) is 0 Å². The van der Waals surface area contributed by atoms with Crippen molar-refractivity contribution in [3.05, 3.63) is 77.1 Å². The van der Waals surface area contributed by atoms with E-state index < -0.39 is 0 Å². The fraction of sp³-hybridized carbons (Fsp3) is 0.222. The first kappa shape index (κ1) is 20.2. The second kappa shape index (κ2) is 8.42. The van der Waals surface area contributed by atoms with Crippen LogP contribution in [0.4, 0.5) is 0 Å². The third-order valence-electron chi connectivity index (χ3n) is 5.95. The van der Waals surface area contributed by atoms with Crippen LogP contribution in [-0.4, -0.2) is 29.2 Å². The van der Waals surface area contributed by atoms with Crippen LogP contribution >= 0.6 is 0 Å². The van der Waals surface area contributed by atoms with E-state index in [-0.39, 0.29) is 5.97 Å². The van der Waals surface area contributed by atoms with E-state index in [0.717, 1.165) is 32.8 Å². The standard InChI is InChI=1S/C27H25N3O2/c1-3-32-25(31)15-8-16-30-23-14-5-4-13-22(23)29-24(30)17-21-19-11-6-9-18-10-7-12-20(26(18)19)27(21)28-2/h4-7,9-14,17H,3,8,15-16H2,1-2H3/b21-17-,28-27?. The first-order valence-corrected chi connectivity index (χ1v) is 11.0. The van der Waals surface area contributed by atoms with E-state index in [1.165, 1.54) is 16.2 Å². The quantitative estimate of drug-likeness (QED) is 0.385. The highest BCUT2D eigenvalue weighted by atomic mass is 16.5. The van der Waals surface area contributed by atoms with Gasteiger partial charge >= 0.3 is 5.97 Å². The number of hydrogen-bond donors (Lipinski definition) is 0. The zero-order valence-electron chi connectivity index (χ0n) is 18.3. The van der Waals surface area contributed by atoms with Crippen LogP contribution in [0.5, 0.6) is 0 Å². The Kier molecular flexibility index (Phi) is 5.31. The lowest BCUT2D eigenvalue weighted by molar-refractivity contribution is -0.143. The Morgan fingerprint density at radius 1 is 1.06 bits per heavy atom. The second-order valence-corrected chi connectivity index (χ2v) is 7.86. The van der Waals surface area contributed by atoms with Crippen molar-refractivity contribution in [1.29, 1.82) is 0 Å². The number of carbonyl (C=O) groups is 1. The van der Waals surface area contributed by atoms with Gasteiger partial charge in [0.1, 0.15) is 5.82 Å². The van der Waals surface area contributed by atoms with Crippen LogP contribution in [0.15, 0.2) is 65.7 Å². The van der Waals surface area contributed by atoms with Gasteiger partial charge in [-0.1, -0.05) is 48.5 Å². The Morgan fingerprint density at radius 3 is 2.62 bits per heavy atom. The predicted molar refractivity (Wildman–Crippen MR) is 129 cm³/mol. The number of aryl methyl sites for hydroxylation is 1. The smallest absolute Gasteiger partial charge is 0.305 e. The first-order valence-electron chi connectivity index (χ1n) is 11.0. The zero-order chi connectivity index (χ0) is 22.1. The minimum atomic E-state index is -0.157. The number of hydrogen-bond acceptors (Lipinski definition) is 4. The van der Waals surface area contributed by atoms with Crippen molar-refractivity contribution in [1.82, 2.24) is 9.55 Å². The molecule has 0 saturated carbocycles. The Labute approximate surface area is 186 Å². The van der Waals surface area contributed by atoms with Gasteiger partial charge < -0.3 is 9.30 Å². The van der Waals surface area contributed by atoms with E-state index in [1.807, 2.05) is 32.2 Å². The zero-order valence-corrected chi connectivity index (χ0v) is 18.3. The minimum absolute atomic E-state index is 0.157. The second-order valence-electron chi connectivity index (χ2n) is 7.86. The molecule has 5 heteroatoms. The summed E-state index contributed by atoms with van der Waals surface area (Å²) in [7, 11) is 1.84. The summed E-state index contributed by atoms with van der Waals surface area (Å²) in [4.78, 5) is 21.4. The molecule has 0 atom stereocenters. The SMILES string of the molecule is CCOC(=O)CCCn1c(/C=c2\c(=NC)c3cccc4cccc2c43)nc2ccccc21. The number of esters is 1. The fourth-order valence-corrected chi connectivity index (χ4v) is 4.61. The summed E-state index contributed by atoms with van der Waals surface area (Å²) < 4.78 is 7.28. The van der Waals surface area contributed by atoms with Gasteiger partial charge in [-0.3, -0.25) is 9.79 Å². The number of aromatic nitrogens is 2. The third kappa shape index (κ3) is 3.40. The molecule has 0 fully saturated rings. The van der Waals surface area contributed by atoms with E-state index in [9.17, 15) is 4.79 Å². The average Bonchev–Trinajstić information content (AvgIpc) is 3.31. The predicted octanol–water partition coefficient (Wildman–Crippen LogP) is 4.20. The number of ether oxygens (including phenoxy) is 1. The van der Waals surface area contributed by atoms with Crippen molar-refractivity contribution in [2.45, 2.75) is 26.3 Å². The molecule has 160 valence electrons. The minimum Gasteiger partial charge on any atom is -0.466 e. The maximum absolute atomic E-state index is 11.8. The maximum Gasteiger partial charge on any atom is 0.305 e.